The maximum atomic E-state index is 12.1. The van der Waals surface area contributed by atoms with Crippen molar-refractivity contribution in [2.75, 3.05) is 12.3 Å². The average molecular weight is 338 g/mol. The number of pyridine rings is 1. The first-order valence-electron chi connectivity index (χ1n) is 8.14. The highest BCUT2D eigenvalue weighted by atomic mass is 16.5. The van der Waals surface area contributed by atoms with Crippen LogP contribution in [-0.4, -0.2) is 27.2 Å². The van der Waals surface area contributed by atoms with Crippen LogP contribution < -0.4 is 10.5 Å². The molecule has 0 unspecified atom stereocenters. The number of carbonyl (C=O) groups is 1. The molecule has 6 nitrogen and oxygen atoms in total. The van der Waals surface area contributed by atoms with Crippen LogP contribution in [0.2, 0.25) is 0 Å². The number of hydrogen-bond acceptors (Lipinski definition) is 5. The Morgan fingerprint density at radius 3 is 2.64 bits per heavy atom. The predicted octanol–water partition coefficient (Wildman–Crippen LogP) is 3.31. The van der Waals surface area contributed by atoms with Crippen LogP contribution in [0.3, 0.4) is 0 Å². The van der Waals surface area contributed by atoms with Crippen molar-refractivity contribution in [2.45, 2.75) is 27.7 Å². The van der Waals surface area contributed by atoms with Gasteiger partial charge in [-0.15, -0.1) is 0 Å². The second-order valence-corrected chi connectivity index (χ2v) is 7.08. The molecule has 0 saturated carbocycles. The van der Waals surface area contributed by atoms with Crippen LogP contribution in [0.4, 0.5) is 5.82 Å². The van der Waals surface area contributed by atoms with Gasteiger partial charge in [0.05, 0.1) is 5.69 Å². The minimum atomic E-state index is -0.440. The summed E-state index contributed by atoms with van der Waals surface area (Å²) >= 11 is 0. The van der Waals surface area contributed by atoms with Crippen LogP contribution in [0.5, 0.6) is 5.75 Å². The van der Waals surface area contributed by atoms with Crippen molar-refractivity contribution in [3.63, 3.8) is 0 Å². The number of rotatable bonds is 4. The normalized spacial score (nSPS) is 11.7. The van der Waals surface area contributed by atoms with Crippen LogP contribution in [0.15, 0.2) is 36.4 Å². The van der Waals surface area contributed by atoms with Crippen molar-refractivity contribution in [1.29, 1.82) is 0 Å². The molecule has 2 heterocycles. The minimum Gasteiger partial charge on any atom is -0.484 e. The highest BCUT2D eigenvalue weighted by Crippen LogP contribution is 2.26. The quantitative estimate of drug-likeness (QED) is 0.789. The third-order valence-corrected chi connectivity index (χ3v) is 3.94. The second kappa shape index (κ2) is 6.20. The lowest BCUT2D eigenvalue weighted by molar-refractivity contribution is -0.128. The molecule has 2 aromatic heterocycles. The van der Waals surface area contributed by atoms with Crippen molar-refractivity contribution in [1.82, 2.24) is 14.8 Å². The Bertz CT molecular complexity index is 938. The van der Waals surface area contributed by atoms with Gasteiger partial charge in [0.1, 0.15) is 23.7 Å². The number of ketones is 1. The molecule has 130 valence electrons. The molecule has 3 rings (SSSR count). The topological polar surface area (TPSA) is 83.0 Å². The first-order valence-corrected chi connectivity index (χ1v) is 8.14. The lowest BCUT2D eigenvalue weighted by atomic mass is 9.91. The monoisotopic (exact) mass is 338 g/mol. The molecule has 0 aliphatic carbocycles. The number of fused-ring (bicyclic) bond motifs is 1. The molecule has 0 spiro atoms. The molecule has 0 aliphatic rings. The summed E-state index contributed by atoms with van der Waals surface area (Å²) in [5.74, 6) is 1.73. The largest absolute Gasteiger partial charge is 0.484 e. The summed E-state index contributed by atoms with van der Waals surface area (Å²) in [6.45, 7) is 7.51. The summed E-state index contributed by atoms with van der Waals surface area (Å²) in [6, 6.07) is 11.2. The number of anilines is 1. The molecule has 6 heteroatoms. The van der Waals surface area contributed by atoms with E-state index in [1.54, 1.807) is 10.7 Å². The maximum absolute atomic E-state index is 12.1. The smallest absolute Gasteiger partial charge is 0.175 e. The van der Waals surface area contributed by atoms with Gasteiger partial charge in [0, 0.05) is 16.9 Å². The van der Waals surface area contributed by atoms with Gasteiger partial charge in [0.25, 0.3) is 0 Å². The molecule has 25 heavy (non-hydrogen) atoms. The number of para-hydroxylation sites is 1. The van der Waals surface area contributed by atoms with Crippen molar-refractivity contribution in [3.8, 4) is 11.6 Å². The molecule has 0 saturated heterocycles. The van der Waals surface area contributed by atoms with E-state index in [-0.39, 0.29) is 12.4 Å². The van der Waals surface area contributed by atoms with Crippen molar-refractivity contribution >= 4 is 22.5 Å². The minimum absolute atomic E-state index is 0.0114. The van der Waals surface area contributed by atoms with Crippen molar-refractivity contribution < 1.29 is 9.53 Å². The number of nitrogen functional groups attached to an aromatic ring is 1. The van der Waals surface area contributed by atoms with E-state index in [0.29, 0.717) is 22.9 Å². The third kappa shape index (κ3) is 3.47. The number of hydrogen-bond donors (Lipinski definition) is 1. The lowest BCUT2D eigenvalue weighted by Crippen LogP contribution is -2.26. The number of carbonyl (C=O) groups excluding carboxylic acids is 1. The lowest BCUT2D eigenvalue weighted by Gasteiger charge is -2.17. The Labute approximate surface area is 146 Å². The molecular formula is C19H22N4O2. The zero-order chi connectivity index (χ0) is 18.2. The van der Waals surface area contributed by atoms with Crippen molar-refractivity contribution in [3.05, 3.63) is 42.1 Å². The zero-order valence-corrected chi connectivity index (χ0v) is 14.9. The molecule has 0 radical (unpaired) electrons. The molecular weight excluding hydrogens is 316 g/mol. The summed E-state index contributed by atoms with van der Waals surface area (Å²) in [5, 5.41) is 5.28. The van der Waals surface area contributed by atoms with E-state index in [0.717, 1.165) is 11.1 Å². The Morgan fingerprint density at radius 2 is 2.00 bits per heavy atom. The van der Waals surface area contributed by atoms with Crippen LogP contribution >= 0.6 is 0 Å². The third-order valence-electron chi connectivity index (χ3n) is 3.94. The standard InChI is InChI=1S/C19H22N4O2/c1-12-10-16(20)23(22-12)17-9-8-13-6-5-7-14(18(13)21-17)25-11-15(24)19(2,3)4/h5-10H,11,20H2,1-4H3. The van der Waals surface area contributed by atoms with Gasteiger partial charge in [-0.1, -0.05) is 32.9 Å². The average Bonchev–Trinajstić information content (AvgIpc) is 2.89. The van der Waals surface area contributed by atoms with Crippen LogP contribution in [0.1, 0.15) is 26.5 Å². The Balaban J connectivity index is 1.98. The van der Waals surface area contributed by atoms with E-state index < -0.39 is 5.41 Å². The molecule has 3 aromatic rings. The van der Waals surface area contributed by atoms with E-state index in [9.17, 15) is 4.79 Å². The number of benzene rings is 1. The number of ether oxygens (including phenoxy) is 1. The summed E-state index contributed by atoms with van der Waals surface area (Å²) in [6.07, 6.45) is 0. The first-order chi connectivity index (χ1) is 11.8. The zero-order valence-electron chi connectivity index (χ0n) is 14.9. The summed E-state index contributed by atoms with van der Waals surface area (Å²) in [5.41, 5.74) is 7.04. The summed E-state index contributed by atoms with van der Waals surface area (Å²) < 4.78 is 7.35. The molecule has 0 aliphatic heterocycles. The molecule has 0 atom stereocenters. The maximum Gasteiger partial charge on any atom is 0.175 e. The number of nitrogens with two attached hydrogens (primary N) is 1. The molecule has 0 fully saturated rings. The predicted molar refractivity (Wildman–Crippen MR) is 98.0 cm³/mol. The highest BCUT2D eigenvalue weighted by Gasteiger charge is 2.22. The molecule has 1 aromatic carbocycles. The van der Waals surface area contributed by atoms with E-state index in [1.807, 2.05) is 58.0 Å². The Kier molecular flexibility index (Phi) is 4.20. The van der Waals surface area contributed by atoms with Gasteiger partial charge in [0.15, 0.2) is 11.6 Å². The van der Waals surface area contributed by atoms with Crippen LogP contribution in [-0.2, 0) is 4.79 Å². The first kappa shape index (κ1) is 17.0. The van der Waals surface area contributed by atoms with Gasteiger partial charge < -0.3 is 10.5 Å². The van der Waals surface area contributed by atoms with E-state index >= 15 is 0 Å². The van der Waals surface area contributed by atoms with Crippen LogP contribution in [0.25, 0.3) is 16.7 Å². The van der Waals surface area contributed by atoms with Gasteiger partial charge in [-0.3, -0.25) is 4.79 Å². The number of Topliss-reactive ketones (excluding diaryl/α,β-unsaturated/α-hetero) is 1. The van der Waals surface area contributed by atoms with Crippen molar-refractivity contribution in [2.24, 2.45) is 5.41 Å². The second-order valence-electron chi connectivity index (χ2n) is 7.08. The van der Waals surface area contributed by atoms with E-state index in [1.165, 1.54) is 0 Å². The van der Waals surface area contributed by atoms with Gasteiger partial charge in [0.2, 0.25) is 0 Å². The number of aryl methyl sites for hydroxylation is 1. The fraction of sp³-hybridized carbons (Fsp3) is 0.316. The molecule has 0 amide bonds. The fourth-order valence-electron chi connectivity index (χ4n) is 2.41. The Morgan fingerprint density at radius 1 is 1.24 bits per heavy atom. The Hall–Kier alpha value is -2.89. The van der Waals surface area contributed by atoms with Gasteiger partial charge in [-0.25, -0.2) is 4.98 Å². The SMILES string of the molecule is Cc1cc(N)n(-c2ccc3cccc(OCC(=O)C(C)(C)C)c3n2)n1. The molecule has 2 N–H and O–H groups in total. The van der Waals surface area contributed by atoms with Gasteiger partial charge >= 0.3 is 0 Å². The van der Waals surface area contributed by atoms with Crippen LogP contribution in [0, 0.1) is 12.3 Å². The van der Waals surface area contributed by atoms with Gasteiger partial charge in [-0.2, -0.15) is 9.78 Å². The number of aromatic nitrogens is 3. The summed E-state index contributed by atoms with van der Waals surface area (Å²) in [7, 11) is 0. The number of nitrogens with zero attached hydrogens (tertiary/aromatic N) is 3. The highest BCUT2D eigenvalue weighted by molar-refractivity contribution is 5.87. The van der Waals surface area contributed by atoms with E-state index in [4.69, 9.17) is 10.5 Å². The summed E-state index contributed by atoms with van der Waals surface area (Å²) in [4.78, 5) is 16.8. The van der Waals surface area contributed by atoms with Gasteiger partial charge in [-0.05, 0) is 25.1 Å². The fourth-order valence-corrected chi connectivity index (χ4v) is 2.41. The van der Waals surface area contributed by atoms with E-state index in [2.05, 4.69) is 10.1 Å². The molecule has 0 bridgehead atoms.